The molecule has 1 fully saturated rings. The van der Waals surface area contributed by atoms with Crippen LogP contribution < -0.4 is 14.8 Å². The van der Waals surface area contributed by atoms with Gasteiger partial charge in [-0.1, -0.05) is 6.07 Å². The van der Waals surface area contributed by atoms with Crippen molar-refractivity contribution in [2.75, 3.05) is 20.0 Å². The number of rotatable bonds is 5. The number of hydrogen-bond donors (Lipinski definition) is 1. The first-order valence-corrected chi connectivity index (χ1v) is 10.9. The van der Waals surface area contributed by atoms with Gasteiger partial charge in [0, 0.05) is 44.6 Å². The van der Waals surface area contributed by atoms with Crippen LogP contribution in [0.15, 0.2) is 18.2 Å². The quantitative estimate of drug-likeness (QED) is 0.811. The molecule has 1 unspecified atom stereocenters. The maximum atomic E-state index is 12.5. The maximum Gasteiger partial charge on any atom is 0.231 e. The standard InChI is InChI=1S/C22H28N4O4/c27-21(6-2-15-1-4-18-19(13-15)30-14-29-18)23-17-3-5-20-24-25-22(26(20)10-7-17)16-8-11-28-12-9-16/h1,4,13,16-17H,2-3,5-12,14H2,(H,23,27). The average Bonchev–Trinajstić information content (AvgIpc) is 3.36. The van der Waals surface area contributed by atoms with Crippen LogP contribution in [0, 0.1) is 0 Å². The van der Waals surface area contributed by atoms with E-state index in [1.165, 1.54) is 0 Å². The number of amides is 1. The van der Waals surface area contributed by atoms with Crippen molar-refractivity contribution in [3.8, 4) is 11.5 Å². The molecule has 3 aliphatic heterocycles. The Morgan fingerprint density at radius 2 is 1.97 bits per heavy atom. The lowest BCUT2D eigenvalue weighted by Crippen LogP contribution is -2.35. The third-order valence-electron chi connectivity index (χ3n) is 6.30. The number of nitrogens with one attached hydrogen (secondary N) is 1. The van der Waals surface area contributed by atoms with Gasteiger partial charge in [-0.25, -0.2) is 0 Å². The fraction of sp³-hybridized carbons (Fsp3) is 0.591. The molecule has 4 heterocycles. The van der Waals surface area contributed by atoms with E-state index in [1.807, 2.05) is 18.2 Å². The second kappa shape index (κ2) is 8.63. The van der Waals surface area contributed by atoms with Gasteiger partial charge in [-0.15, -0.1) is 10.2 Å². The first-order valence-electron chi connectivity index (χ1n) is 10.9. The number of aryl methyl sites for hydroxylation is 2. The van der Waals surface area contributed by atoms with Crippen LogP contribution in [0.3, 0.4) is 0 Å². The zero-order valence-electron chi connectivity index (χ0n) is 17.1. The molecule has 0 aliphatic carbocycles. The predicted octanol–water partition coefficient (Wildman–Crippen LogP) is 2.35. The monoisotopic (exact) mass is 412 g/mol. The van der Waals surface area contributed by atoms with E-state index in [9.17, 15) is 4.79 Å². The normalized spacial score (nSPS) is 21.1. The van der Waals surface area contributed by atoms with E-state index in [0.29, 0.717) is 18.8 Å². The molecule has 0 spiro atoms. The fourth-order valence-corrected chi connectivity index (χ4v) is 4.57. The van der Waals surface area contributed by atoms with Crippen LogP contribution in [0.2, 0.25) is 0 Å². The lowest BCUT2D eigenvalue weighted by atomic mass is 9.99. The van der Waals surface area contributed by atoms with Gasteiger partial charge in [0.05, 0.1) is 0 Å². The summed E-state index contributed by atoms with van der Waals surface area (Å²) in [6.45, 7) is 2.73. The molecule has 1 aromatic carbocycles. The molecule has 1 atom stereocenters. The van der Waals surface area contributed by atoms with Crippen LogP contribution in [0.5, 0.6) is 11.5 Å². The van der Waals surface area contributed by atoms with E-state index in [-0.39, 0.29) is 18.7 Å². The number of ether oxygens (including phenoxy) is 3. The molecule has 1 N–H and O–H groups in total. The highest BCUT2D eigenvalue weighted by atomic mass is 16.7. The van der Waals surface area contributed by atoms with E-state index >= 15 is 0 Å². The van der Waals surface area contributed by atoms with E-state index in [0.717, 1.165) is 80.6 Å². The number of nitrogens with zero attached hydrogens (tertiary/aromatic N) is 3. The minimum atomic E-state index is 0.0972. The van der Waals surface area contributed by atoms with Gasteiger partial charge in [0.25, 0.3) is 0 Å². The van der Waals surface area contributed by atoms with Crippen molar-refractivity contribution in [1.82, 2.24) is 20.1 Å². The van der Waals surface area contributed by atoms with Crippen molar-refractivity contribution < 1.29 is 19.0 Å². The van der Waals surface area contributed by atoms with Gasteiger partial charge in [-0.3, -0.25) is 4.79 Å². The van der Waals surface area contributed by atoms with Crippen LogP contribution in [0.25, 0.3) is 0 Å². The van der Waals surface area contributed by atoms with Gasteiger partial charge in [0.2, 0.25) is 12.7 Å². The summed E-state index contributed by atoms with van der Waals surface area (Å²) in [5.74, 6) is 4.22. The molecule has 2 aromatic rings. The Bertz CT molecular complexity index is 907. The van der Waals surface area contributed by atoms with Crippen LogP contribution in [-0.2, 0) is 28.9 Å². The van der Waals surface area contributed by atoms with E-state index in [2.05, 4.69) is 20.1 Å². The van der Waals surface area contributed by atoms with Gasteiger partial charge in [-0.05, 0) is 49.8 Å². The van der Waals surface area contributed by atoms with Gasteiger partial charge in [0.15, 0.2) is 11.5 Å². The molecule has 1 saturated heterocycles. The summed E-state index contributed by atoms with van der Waals surface area (Å²) in [5, 5.41) is 12.2. The number of carbonyl (C=O) groups excluding carboxylic acids is 1. The molecular formula is C22H28N4O4. The fourth-order valence-electron chi connectivity index (χ4n) is 4.57. The molecule has 1 amide bonds. The Morgan fingerprint density at radius 3 is 2.87 bits per heavy atom. The minimum Gasteiger partial charge on any atom is -0.454 e. The Labute approximate surface area is 175 Å². The molecule has 5 rings (SSSR count). The molecular weight excluding hydrogens is 384 g/mol. The van der Waals surface area contributed by atoms with Crippen molar-refractivity contribution in [1.29, 1.82) is 0 Å². The van der Waals surface area contributed by atoms with Crippen LogP contribution in [-0.4, -0.2) is 46.7 Å². The second-order valence-corrected chi connectivity index (χ2v) is 8.29. The van der Waals surface area contributed by atoms with Gasteiger partial charge in [0.1, 0.15) is 11.6 Å². The summed E-state index contributed by atoms with van der Waals surface area (Å²) in [6.07, 6.45) is 5.85. The van der Waals surface area contributed by atoms with Crippen LogP contribution in [0.1, 0.15) is 55.2 Å². The van der Waals surface area contributed by atoms with Crippen molar-refractivity contribution >= 4 is 5.91 Å². The zero-order valence-corrected chi connectivity index (χ0v) is 17.1. The summed E-state index contributed by atoms with van der Waals surface area (Å²) < 4.78 is 18.5. The summed E-state index contributed by atoms with van der Waals surface area (Å²) in [4.78, 5) is 12.5. The Balaban J connectivity index is 1.14. The highest BCUT2D eigenvalue weighted by Crippen LogP contribution is 2.33. The van der Waals surface area contributed by atoms with E-state index < -0.39 is 0 Å². The third-order valence-corrected chi connectivity index (χ3v) is 6.30. The van der Waals surface area contributed by atoms with Crippen molar-refractivity contribution in [3.05, 3.63) is 35.4 Å². The molecule has 0 saturated carbocycles. The molecule has 0 radical (unpaired) electrons. The van der Waals surface area contributed by atoms with Crippen molar-refractivity contribution in [2.45, 2.75) is 63.5 Å². The molecule has 0 bridgehead atoms. The Hall–Kier alpha value is -2.61. The topological polar surface area (TPSA) is 87.5 Å². The minimum absolute atomic E-state index is 0.0972. The number of fused-ring (bicyclic) bond motifs is 2. The second-order valence-electron chi connectivity index (χ2n) is 8.29. The predicted molar refractivity (Wildman–Crippen MR) is 109 cm³/mol. The molecule has 1 aromatic heterocycles. The van der Waals surface area contributed by atoms with Crippen LogP contribution in [0.4, 0.5) is 0 Å². The van der Waals surface area contributed by atoms with Crippen molar-refractivity contribution in [2.24, 2.45) is 0 Å². The highest BCUT2D eigenvalue weighted by Gasteiger charge is 2.26. The van der Waals surface area contributed by atoms with Crippen molar-refractivity contribution in [3.63, 3.8) is 0 Å². The summed E-state index contributed by atoms with van der Waals surface area (Å²) in [5.41, 5.74) is 1.09. The number of carbonyl (C=O) groups is 1. The Kier molecular flexibility index (Phi) is 5.57. The van der Waals surface area contributed by atoms with Gasteiger partial charge >= 0.3 is 0 Å². The first kappa shape index (κ1) is 19.4. The molecule has 160 valence electrons. The largest absolute Gasteiger partial charge is 0.454 e. The maximum absolute atomic E-state index is 12.5. The lowest BCUT2D eigenvalue weighted by Gasteiger charge is -2.22. The SMILES string of the molecule is O=C(CCc1ccc2c(c1)OCO2)NC1CCc2nnc(C3CCOCC3)n2CC1. The summed E-state index contributed by atoms with van der Waals surface area (Å²) in [7, 11) is 0. The zero-order chi connectivity index (χ0) is 20.3. The molecule has 8 nitrogen and oxygen atoms in total. The number of benzene rings is 1. The molecule has 8 heteroatoms. The summed E-state index contributed by atoms with van der Waals surface area (Å²) >= 11 is 0. The molecule has 3 aliphatic rings. The Morgan fingerprint density at radius 1 is 1.10 bits per heavy atom. The smallest absolute Gasteiger partial charge is 0.231 e. The number of aromatic nitrogens is 3. The average molecular weight is 412 g/mol. The van der Waals surface area contributed by atoms with Crippen LogP contribution >= 0.6 is 0 Å². The van der Waals surface area contributed by atoms with Gasteiger partial charge in [-0.2, -0.15) is 0 Å². The molecule has 30 heavy (non-hydrogen) atoms. The highest BCUT2D eigenvalue weighted by molar-refractivity contribution is 5.76. The van der Waals surface area contributed by atoms with E-state index in [4.69, 9.17) is 14.2 Å². The lowest BCUT2D eigenvalue weighted by molar-refractivity contribution is -0.121. The first-order chi connectivity index (χ1) is 14.8. The van der Waals surface area contributed by atoms with Gasteiger partial charge < -0.3 is 24.1 Å². The number of hydrogen-bond acceptors (Lipinski definition) is 6. The van der Waals surface area contributed by atoms with E-state index in [1.54, 1.807) is 0 Å². The third kappa shape index (κ3) is 4.14. The summed E-state index contributed by atoms with van der Waals surface area (Å²) in [6, 6.07) is 6.05.